The summed E-state index contributed by atoms with van der Waals surface area (Å²) in [4.78, 5) is 54.3. The molecule has 4 atom stereocenters. The number of hydrogen-bond acceptors (Lipinski definition) is 5. The van der Waals surface area contributed by atoms with E-state index in [9.17, 15) is 24.3 Å². The van der Waals surface area contributed by atoms with Gasteiger partial charge < -0.3 is 5.11 Å². The second kappa shape index (κ2) is 7.85. The molecule has 0 aromatic heterocycles. The largest absolute Gasteiger partial charge is 0.507 e. The molecule has 176 valence electrons. The molecule has 2 aromatic rings. The van der Waals surface area contributed by atoms with Crippen LogP contribution in [0.25, 0.3) is 10.8 Å². The Morgan fingerprint density at radius 3 is 2.49 bits per heavy atom. The van der Waals surface area contributed by atoms with Gasteiger partial charge in [-0.3, -0.25) is 24.1 Å². The van der Waals surface area contributed by atoms with Crippen molar-refractivity contribution in [2.75, 3.05) is 6.54 Å². The summed E-state index contributed by atoms with van der Waals surface area (Å²) in [5, 5.41) is 11.9. The standard InChI is InChI=1S/C28H22BrNO5/c1-2-30-27(34)17-8-7-16-18(24(17)28(30)35)11-19-25(22(32)12-20(29)26(19)33)23(16)15-9-10-21(31)14-6-4-3-5-13(14)15/h3-7,9-10,12,17-18,23-24,31H,2,8,11H2,1H3/t17-,18+,23-,24-/m0/s1. The minimum atomic E-state index is -0.546. The number of imide groups is 1. The number of phenolic OH excluding ortho intramolecular Hbond substituents is 1. The molecule has 1 heterocycles. The number of likely N-dealkylation sites (tertiary alicyclic amines) is 1. The average molecular weight is 532 g/mol. The lowest BCUT2D eigenvalue weighted by atomic mass is 9.59. The predicted molar refractivity (Wildman–Crippen MR) is 133 cm³/mol. The predicted octanol–water partition coefficient (Wildman–Crippen LogP) is 4.33. The molecule has 0 unspecified atom stereocenters. The van der Waals surface area contributed by atoms with Crippen LogP contribution in [0.3, 0.4) is 0 Å². The highest BCUT2D eigenvalue weighted by molar-refractivity contribution is 9.12. The van der Waals surface area contributed by atoms with Crippen molar-refractivity contribution in [2.45, 2.75) is 25.7 Å². The lowest BCUT2D eigenvalue weighted by Crippen LogP contribution is -2.39. The number of nitrogens with zero attached hydrogens (tertiary/aromatic N) is 1. The summed E-state index contributed by atoms with van der Waals surface area (Å²) in [6.07, 6.45) is 4.01. The summed E-state index contributed by atoms with van der Waals surface area (Å²) in [6.45, 7) is 2.11. The number of aromatic hydroxyl groups is 1. The minimum absolute atomic E-state index is 0.132. The number of benzene rings is 2. The van der Waals surface area contributed by atoms with Crippen molar-refractivity contribution in [3.63, 3.8) is 0 Å². The van der Waals surface area contributed by atoms with Gasteiger partial charge in [0.1, 0.15) is 5.75 Å². The molecule has 7 heteroatoms. The van der Waals surface area contributed by atoms with Gasteiger partial charge in [-0.15, -0.1) is 0 Å². The maximum absolute atomic E-state index is 13.4. The first-order valence-corrected chi connectivity index (χ1v) is 12.6. The number of Topliss-reactive ketones (excluding diaryl/α,β-unsaturated/α-hetero) is 1. The van der Waals surface area contributed by atoms with Crippen molar-refractivity contribution in [1.29, 1.82) is 0 Å². The molecule has 1 N–H and O–H groups in total. The molecule has 1 saturated heterocycles. The first-order valence-electron chi connectivity index (χ1n) is 11.8. The SMILES string of the molecule is CCN1C(=O)[C@H]2[C@H](CC=C3[C@H](c4ccc(O)c5ccccc45)C4=C(C[C@H]32)C(=O)C(Br)=CC4=O)C1=O. The number of phenols is 1. The highest BCUT2D eigenvalue weighted by atomic mass is 79.9. The Kier molecular flexibility index (Phi) is 4.97. The number of rotatable bonds is 2. The molecule has 6 nitrogen and oxygen atoms in total. The molecule has 0 saturated carbocycles. The van der Waals surface area contributed by atoms with E-state index in [1.165, 1.54) is 11.0 Å². The number of carbonyl (C=O) groups excluding carboxylic acids is 4. The van der Waals surface area contributed by atoms with Gasteiger partial charge in [0.05, 0.1) is 16.3 Å². The third kappa shape index (κ3) is 3.00. The molecule has 2 amide bonds. The van der Waals surface area contributed by atoms with Crippen LogP contribution >= 0.6 is 15.9 Å². The van der Waals surface area contributed by atoms with E-state index in [-0.39, 0.29) is 46.0 Å². The van der Waals surface area contributed by atoms with Crippen LogP contribution in [0.2, 0.25) is 0 Å². The van der Waals surface area contributed by atoms with Gasteiger partial charge in [-0.05, 0) is 58.6 Å². The van der Waals surface area contributed by atoms with Crippen LogP contribution in [0.5, 0.6) is 5.75 Å². The molecule has 35 heavy (non-hydrogen) atoms. The van der Waals surface area contributed by atoms with Gasteiger partial charge in [-0.2, -0.15) is 0 Å². The van der Waals surface area contributed by atoms with Crippen molar-refractivity contribution in [2.24, 2.45) is 17.8 Å². The normalized spacial score (nSPS) is 28.1. The van der Waals surface area contributed by atoms with E-state index >= 15 is 0 Å². The smallest absolute Gasteiger partial charge is 0.233 e. The van der Waals surface area contributed by atoms with Crippen molar-refractivity contribution >= 4 is 50.1 Å². The van der Waals surface area contributed by atoms with Gasteiger partial charge in [0.15, 0.2) is 11.6 Å². The second-order valence-corrected chi connectivity index (χ2v) is 10.4. The van der Waals surface area contributed by atoms with E-state index in [2.05, 4.69) is 15.9 Å². The summed E-state index contributed by atoms with van der Waals surface area (Å²) in [5.74, 6) is -2.59. The Morgan fingerprint density at radius 2 is 1.74 bits per heavy atom. The van der Waals surface area contributed by atoms with E-state index < -0.39 is 17.8 Å². The van der Waals surface area contributed by atoms with Gasteiger partial charge >= 0.3 is 0 Å². The van der Waals surface area contributed by atoms with E-state index in [1.807, 2.05) is 30.3 Å². The fourth-order valence-corrected chi connectivity index (χ4v) is 6.94. The van der Waals surface area contributed by atoms with Crippen molar-refractivity contribution < 1.29 is 24.3 Å². The molecule has 0 radical (unpaired) electrons. The molecule has 1 aliphatic heterocycles. The quantitative estimate of drug-likeness (QED) is 0.353. The van der Waals surface area contributed by atoms with Crippen LogP contribution in [-0.4, -0.2) is 39.9 Å². The third-order valence-corrected chi connectivity index (χ3v) is 8.57. The van der Waals surface area contributed by atoms with Crippen LogP contribution < -0.4 is 0 Å². The van der Waals surface area contributed by atoms with Crippen LogP contribution in [0.1, 0.15) is 31.2 Å². The molecule has 0 spiro atoms. The second-order valence-electron chi connectivity index (χ2n) is 9.53. The lowest BCUT2D eigenvalue weighted by Gasteiger charge is -2.42. The Morgan fingerprint density at radius 1 is 1.00 bits per heavy atom. The van der Waals surface area contributed by atoms with Gasteiger partial charge in [0.25, 0.3) is 0 Å². The Hall–Kier alpha value is -3.32. The number of allylic oxidation sites excluding steroid dienone is 6. The lowest BCUT2D eigenvalue weighted by molar-refractivity contribution is -0.139. The first kappa shape index (κ1) is 22.2. The zero-order chi connectivity index (χ0) is 24.6. The summed E-state index contributed by atoms with van der Waals surface area (Å²) < 4.78 is 0.208. The number of amides is 2. The minimum Gasteiger partial charge on any atom is -0.507 e. The van der Waals surface area contributed by atoms with Crippen LogP contribution in [0, 0.1) is 17.8 Å². The fourth-order valence-electron chi connectivity index (χ4n) is 6.50. The third-order valence-electron chi connectivity index (χ3n) is 7.98. The monoisotopic (exact) mass is 531 g/mol. The zero-order valence-electron chi connectivity index (χ0n) is 19.0. The summed E-state index contributed by atoms with van der Waals surface area (Å²) in [6, 6.07) is 10.8. The number of fused-ring (bicyclic) bond motifs is 4. The summed E-state index contributed by atoms with van der Waals surface area (Å²) in [7, 11) is 0. The van der Waals surface area contributed by atoms with E-state index in [1.54, 1.807) is 19.1 Å². The first-order chi connectivity index (χ1) is 16.8. The van der Waals surface area contributed by atoms with E-state index in [4.69, 9.17) is 0 Å². The van der Waals surface area contributed by atoms with Crippen LogP contribution in [-0.2, 0) is 19.2 Å². The number of ketones is 2. The van der Waals surface area contributed by atoms with Crippen molar-refractivity contribution in [3.8, 4) is 5.75 Å². The highest BCUT2D eigenvalue weighted by Gasteiger charge is 2.56. The van der Waals surface area contributed by atoms with Crippen molar-refractivity contribution in [1.82, 2.24) is 4.90 Å². The number of hydrogen-bond donors (Lipinski definition) is 1. The molecular weight excluding hydrogens is 510 g/mol. The van der Waals surface area contributed by atoms with E-state index in [0.717, 1.165) is 16.5 Å². The van der Waals surface area contributed by atoms with Gasteiger partial charge in [0.2, 0.25) is 11.8 Å². The highest BCUT2D eigenvalue weighted by Crippen LogP contribution is 2.56. The maximum atomic E-state index is 13.4. The molecule has 2 aromatic carbocycles. The Balaban J connectivity index is 1.61. The van der Waals surface area contributed by atoms with Gasteiger partial charge in [-0.25, -0.2) is 0 Å². The summed E-state index contributed by atoms with van der Waals surface area (Å²) >= 11 is 3.25. The average Bonchev–Trinajstić information content (AvgIpc) is 3.11. The Labute approximate surface area is 210 Å². The summed E-state index contributed by atoms with van der Waals surface area (Å²) in [5.41, 5.74) is 2.55. The topological polar surface area (TPSA) is 91.8 Å². The maximum Gasteiger partial charge on any atom is 0.233 e. The zero-order valence-corrected chi connectivity index (χ0v) is 20.5. The van der Waals surface area contributed by atoms with Gasteiger partial charge in [0, 0.05) is 35.1 Å². The molecular formula is C28H22BrNO5. The molecule has 6 rings (SSSR count). The molecule has 1 fully saturated rings. The fraction of sp³-hybridized carbons (Fsp3) is 0.286. The van der Waals surface area contributed by atoms with Crippen LogP contribution in [0.15, 0.2) is 69.8 Å². The van der Waals surface area contributed by atoms with Crippen LogP contribution in [0.4, 0.5) is 0 Å². The molecule has 4 aliphatic rings. The molecule has 3 aliphatic carbocycles. The number of carbonyl (C=O) groups is 4. The van der Waals surface area contributed by atoms with Gasteiger partial charge in [-0.1, -0.05) is 42.0 Å². The molecule has 0 bridgehead atoms. The Bertz CT molecular complexity index is 1460. The van der Waals surface area contributed by atoms with E-state index in [0.29, 0.717) is 29.5 Å². The van der Waals surface area contributed by atoms with Crippen molar-refractivity contribution in [3.05, 3.63) is 75.3 Å². The number of halogens is 1.